The maximum absolute atomic E-state index is 9.17. The summed E-state index contributed by atoms with van der Waals surface area (Å²) >= 11 is 1.55. The molecule has 5 heteroatoms. The van der Waals surface area contributed by atoms with Gasteiger partial charge in [0.15, 0.2) is 5.13 Å². The highest BCUT2D eigenvalue weighted by atomic mass is 32.1. The summed E-state index contributed by atoms with van der Waals surface area (Å²) in [7, 11) is 0. The van der Waals surface area contributed by atoms with E-state index in [1.165, 1.54) is 4.88 Å². The quantitative estimate of drug-likeness (QED) is 0.806. The van der Waals surface area contributed by atoms with Crippen LogP contribution in [0.25, 0.3) is 0 Å². The molecule has 0 aromatic carbocycles. The average molecular weight is 227 g/mol. The molecule has 15 heavy (non-hydrogen) atoms. The summed E-state index contributed by atoms with van der Waals surface area (Å²) in [6, 6.07) is 0.457. The predicted molar refractivity (Wildman–Crippen MR) is 61.6 cm³/mol. The van der Waals surface area contributed by atoms with Gasteiger partial charge in [0.05, 0.1) is 0 Å². The summed E-state index contributed by atoms with van der Waals surface area (Å²) in [6.07, 6.45) is 2.94. The van der Waals surface area contributed by atoms with Gasteiger partial charge in [-0.1, -0.05) is 0 Å². The number of nitrogens with zero attached hydrogens (tertiary/aromatic N) is 2. The van der Waals surface area contributed by atoms with Crippen molar-refractivity contribution in [3.8, 4) is 0 Å². The Hall–Kier alpha value is -0.650. The highest BCUT2D eigenvalue weighted by molar-refractivity contribution is 7.15. The van der Waals surface area contributed by atoms with E-state index in [1.54, 1.807) is 11.3 Å². The van der Waals surface area contributed by atoms with E-state index in [-0.39, 0.29) is 0 Å². The third kappa shape index (κ3) is 2.30. The number of aromatic nitrogens is 1. The molecular formula is C10H17N3OS. The van der Waals surface area contributed by atoms with Crippen molar-refractivity contribution in [2.45, 2.75) is 25.9 Å². The molecule has 0 aliphatic carbocycles. The number of thiazole rings is 1. The minimum absolute atomic E-state index is 0.294. The van der Waals surface area contributed by atoms with Gasteiger partial charge in [0.1, 0.15) is 0 Å². The number of aliphatic hydroxyl groups is 1. The van der Waals surface area contributed by atoms with Crippen LogP contribution in [-0.4, -0.2) is 34.2 Å². The molecule has 0 spiro atoms. The minimum Gasteiger partial charge on any atom is -0.396 e. The number of nitrogen functional groups attached to an aromatic ring is 1. The second-order valence-corrected chi connectivity index (χ2v) is 5.25. The topological polar surface area (TPSA) is 62.4 Å². The van der Waals surface area contributed by atoms with Gasteiger partial charge in [0.2, 0.25) is 0 Å². The number of anilines is 1. The highest BCUT2D eigenvalue weighted by Crippen LogP contribution is 2.27. The molecule has 84 valence electrons. The third-order valence-corrected chi connectivity index (χ3v) is 4.02. The molecule has 2 heterocycles. The Kier molecular flexibility index (Phi) is 3.23. The molecule has 1 aromatic heterocycles. The first kappa shape index (κ1) is 10.9. The second-order valence-electron chi connectivity index (χ2n) is 4.11. The van der Waals surface area contributed by atoms with Crippen LogP contribution in [0.15, 0.2) is 6.20 Å². The van der Waals surface area contributed by atoms with Crippen molar-refractivity contribution in [3.05, 3.63) is 11.1 Å². The van der Waals surface area contributed by atoms with Crippen LogP contribution in [0.3, 0.4) is 0 Å². The molecule has 0 saturated carbocycles. The van der Waals surface area contributed by atoms with Gasteiger partial charge < -0.3 is 10.8 Å². The third-order valence-electron chi connectivity index (χ3n) is 3.21. The summed E-state index contributed by atoms with van der Waals surface area (Å²) in [6.45, 7) is 4.44. The SMILES string of the molecule is CC1C(CO)CCN1Cc1cnc(N)s1. The zero-order valence-electron chi connectivity index (χ0n) is 8.89. The van der Waals surface area contributed by atoms with Gasteiger partial charge in [-0.15, -0.1) is 11.3 Å². The first-order valence-electron chi connectivity index (χ1n) is 5.26. The van der Waals surface area contributed by atoms with Crippen molar-refractivity contribution in [2.24, 2.45) is 5.92 Å². The Morgan fingerprint density at radius 3 is 3.07 bits per heavy atom. The maximum atomic E-state index is 9.17. The molecule has 4 nitrogen and oxygen atoms in total. The van der Waals surface area contributed by atoms with Crippen molar-refractivity contribution >= 4 is 16.5 Å². The highest BCUT2D eigenvalue weighted by Gasteiger charge is 2.30. The lowest BCUT2D eigenvalue weighted by Crippen LogP contribution is -2.30. The summed E-state index contributed by atoms with van der Waals surface area (Å²) in [5, 5.41) is 9.80. The maximum Gasteiger partial charge on any atom is 0.180 e. The average Bonchev–Trinajstić information content (AvgIpc) is 2.76. The first-order chi connectivity index (χ1) is 7.20. The van der Waals surface area contributed by atoms with Crippen molar-refractivity contribution in [2.75, 3.05) is 18.9 Å². The van der Waals surface area contributed by atoms with Gasteiger partial charge in [0.25, 0.3) is 0 Å². The summed E-state index contributed by atoms with van der Waals surface area (Å²) in [5.74, 6) is 0.426. The van der Waals surface area contributed by atoms with Gasteiger partial charge in [0, 0.05) is 30.3 Å². The number of hydrogen-bond acceptors (Lipinski definition) is 5. The van der Waals surface area contributed by atoms with Gasteiger partial charge in [-0.2, -0.15) is 0 Å². The van der Waals surface area contributed by atoms with E-state index in [9.17, 15) is 0 Å². The summed E-state index contributed by atoms with van der Waals surface area (Å²) < 4.78 is 0. The van der Waals surface area contributed by atoms with Crippen molar-refractivity contribution in [3.63, 3.8) is 0 Å². The summed E-state index contributed by atoms with van der Waals surface area (Å²) in [4.78, 5) is 7.63. The molecule has 1 aromatic rings. The Bertz CT molecular complexity index is 328. The Balaban J connectivity index is 1.96. The molecule has 2 unspecified atom stereocenters. The fraction of sp³-hybridized carbons (Fsp3) is 0.700. The van der Waals surface area contributed by atoms with E-state index in [1.807, 2.05) is 6.20 Å². The molecule has 0 radical (unpaired) electrons. The molecular weight excluding hydrogens is 210 g/mol. The Labute approximate surface area is 93.7 Å². The van der Waals surface area contributed by atoms with Gasteiger partial charge in [-0.3, -0.25) is 4.90 Å². The number of likely N-dealkylation sites (tertiary alicyclic amines) is 1. The van der Waals surface area contributed by atoms with Crippen LogP contribution >= 0.6 is 11.3 Å². The van der Waals surface area contributed by atoms with Crippen molar-refractivity contribution in [1.29, 1.82) is 0 Å². The molecule has 3 N–H and O–H groups in total. The van der Waals surface area contributed by atoms with Gasteiger partial charge in [-0.05, 0) is 25.8 Å². The number of rotatable bonds is 3. The number of nitrogens with two attached hydrogens (primary N) is 1. The van der Waals surface area contributed by atoms with Crippen LogP contribution < -0.4 is 5.73 Å². The fourth-order valence-corrected chi connectivity index (χ4v) is 2.85. The van der Waals surface area contributed by atoms with Crippen LogP contribution in [-0.2, 0) is 6.54 Å². The van der Waals surface area contributed by atoms with Gasteiger partial charge >= 0.3 is 0 Å². The second kappa shape index (κ2) is 4.47. The Morgan fingerprint density at radius 2 is 2.53 bits per heavy atom. The zero-order chi connectivity index (χ0) is 10.8. The Morgan fingerprint density at radius 1 is 1.73 bits per heavy atom. The molecule has 1 aliphatic heterocycles. The molecule has 1 saturated heterocycles. The van der Waals surface area contributed by atoms with Crippen molar-refractivity contribution < 1.29 is 5.11 Å². The van der Waals surface area contributed by atoms with E-state index in [0.29, 0.717) is 23.7 Å². The lowest BCUT2D eigenvalue weighted by molar-refractivity contribution is 0.173. The van der Waals surface area contributed by atoms with E-state index >= 15 is 0 Å². The van der Waals surface area contributed by atoms with Crippen LogP contribution in [0.5, 0.6) is 0 Å². The largest absolute Gasteiger partial charge is 0.396 e. The van der Waals surface area contributed by atoms with Crippen LogP contribution in [0.2, 0.25) is 0 Å². The lowest BCUT2D eigenvalue weighted by atomic mass is 10.0. The van der Waals surface area contributed by atoms with E-state index < -0.39 is 0 Å². The number of aliphatic hydroxyl groups excluding tert-OH is 1. The molecule has 2 atom stereocenters. The normalized spacial score (nSPS) is 27.3. The molecule has 2 rings (SSSR count). The molecule has 1 fully saturated rings. The zero-order valence-corrected chi connectivity index (χ0v) is 9.70. The smallest absolute Gasteiger partial charge is 0.180 e. The van der Waals surface area contributed by atoms with Crippen LogP contribution in [0, 0.1) is 5.92 Å². The predicted octanol–water partition coefficient (Wildman–Crippen LogP) is 0.928. The lowest BCUT2D eigenvalue weighted by Gasteiger charge is -2.22. The van der Waals surface area contributed by atoms with Crippen LogP contribution in [0.1, 0.15) is 18.2 Å². The number of hydrogen-bond donors (Lipinski definition) is 2. The molecule has 1 aliphatic rings. The molecule has 0 amide bonds. The van der Waals surface area contributed by atoms with E-state index in [0.717, 1.165) is 19.5 Å². The first-order valence-corrected chi connectivity index (χ1v) is 6.07. The molecule has 0 bridgehead atoms. The fourth-order valence-electron chi connectivity index (χ4n) is 2.14. The van der Waals surface area contributed by atoms with E-state index in [2.05, 4.69) is 16.8 Å². The minimum atomic E-state index is 0.294. The monoisotopic (exact) mass is 227 g/mol. The summed E-state index contributed by atoms with van der Waals surface area (Å²) in [5.41, 5.74) is 5.59. The standard InChI is InChI=1S/C10H17N3OS/c1-7-8(6-14)2-3-13(7)5-9-4-12-10(11)15-9/h4,7-8,14H,2-3,5-6H2,1H3,(H2,11,12). The van der Waals surface area contributed by atoms with Crippen LogP contribution in [0.4, 0.5) is 5.13 Å². The van der Waals surface area contributed by atoms with E-state index in [4.69, 9.17) is 10.8 Å². The van der Waals surface area contributed by atoms with Crippen molar-refractivity contribution in [1.82, 2.24) is 9.88 Å². The van der Waals surface area contributed by atoms with Gasteiger partial charge in [-0.25, -0.2) is 4.98 Å².